The fourth-order valence-corrected chi connectivity index (χ4v) is 5.70. The van der Waals surface area contributed by atoms with Gasteiger partial charge in [-0.1, -0.05) is 12.1 Å². The van der Waals surface area contributed by atoms with Gasteiger partial charge in [-0.15, -0.1) is 0 Å². The van der Waals surface area contributed by atoms with E-state index in [0.717, 1.165) is 54.0 Å². The summed E-state index contributed by atoms with van der Waals surface area (Å²) >= 11 is 0. The van der Waals surface area contributed by atoms with Gasteiger partial charge < -0.3 is 14.5 Å². The lowest BCUT2D eigenvalue weighted by molar-refractivity contribution is -0.114. The van der Waals surface area contributed by atoms with Crippen LogP contribution in [0.3, 0.4) is 0 Å². The molecule has 174 valence electrons. The summed E-state index contributed by atoms with van der Waals surface area (Å²) in [6, 6.07) is 14.9. The summed E-state index contributed by atoms with van der Waals surface area (Å²) < 4.78 is 5.21. The van der Waals surface area contributed by atoms with Crippen molar-refractivity contribution in [2.45, 2.75) is 25.3 Å². The number of carbonyl (C=O) groups is 1. The molecular formula is C28H30N4O2. The molecule has 3 aliphatic heterocycles. The highest BCUT2D eigenvalue weighted by atomic mass is 16.5. The molecule has 34 heavy (non-hydrogen) atoms. The van der Waals surface area contributed by atoms with Crippen molar-refractivity contribution in [2.75, 3.05) is 49.6 Å². The molecule has 0 unspecified atom stereocenters. The number of amides is 1. The monoisotopic (exact) mass is 454 g/mol. The van der Waals surface area contributed by atoms with Crippen LogP contribution in [0.25, 0.3) is 17.0 Å². The van der Waals surface area contributed by atoms with Crippen LogP contribution in [0.4, 0.5) is 11.4 Å². The third kappa shape index (κ3) is 3.82. The number of fused-ring (bicyclic) bond motifs is 3. The number of ether oxygens (including phenoxy) is 1. The first-order valence-corrected chi connectivity index (χ1v) is 12.2. The van der Waals surface area contributed by atoms with E-state index in [4.69, 9.17) is 4.74 Å². The summed E-state index contributed by atoms with van der Waals surface area (Å²) in [7, 11) is 1.65. The molecule has 4 heterocycles. The molecule has 2 saturated heterocycles. The second-order valence-electron chi connectivity index (χ2n) is 9.45. The van der Waals surface area contributed by atoms with Crippen molar-refractivity contribution in [3.05, 3.63) is 65.9 Å². The largest absolute Gasteiger partial charge is 0.497 e. The lowest BCUT2D eigenvalue weighted by atomic mass is 10.1. The third-order valence-electron chi connectivity index (χ3n) is 7.54. The maximum Gasteiger partial charge on any atom is 0.251 e. The predicted molar refractivity (Wildman–Crippen MR) is 137 cm³/mol. The van der Waals surface area contributed by atoms with Crippen LogP contribution < -0.4 is 14.5 Å². The summed E-state index contributed by atoms with van der Waals surface area (Å²) in [6.45, 7) is 5.18. The zero-order valence-electron chi connectivity index (χ0n) is 19.6. The normalized spacial score (nSPS) is 20.2. The molecule has 3 aliphatic rings. The third-order valence-corrected chi connectivity index (χ3v) is 7.54. The number of aromatic nitrogens is 1. The first-order chi connectivity index (χ1) is 16.7. The highest BCUT2D eigenvalue weighted by molar-refractivity contribution is 6.07. The molecule has 0 saturated carbocycles. The summed E-state index contributed by atoms with van der Waals surface area (Å²) in [5, 5.41) is 1.14. The van der Waals surface area contributed by atoms with Gasteiger partial charge in [-0.25, -0.2) is 0 Å². The van der Waals surface area contributed by atoms with Crippen LogP contribution >= 0.6 is 0 Å². The van der Waals surface area contributed by atoms with Crippen LogP contribution in [0.5, 0.6) is 5.75 Å². The minimum Gasteiger partial charge on any atom is -0.497 e. The fourth-order valence-electron chi connectivity index (χ4n) is 5.70. The molecule has 0 spiro atoms. The number of nitrogens with zero attached hydrogens (tertiary/aromatic N) is 4. The van der Waals surface area contributed by atoms with Crippen molar-refractivity contribution >= 4 is 34.3 Å². The molecule has 0 N–H and O–H groups in total. The average Bonchev–Trinajstić information content (AvgIpc) is 3.52. The van der Waals surface area contributed by atoms with Gasteiger partial charge in [0.05, 0.1) is 12.6 Å². The maximum absolute atomic E-state index is 13.1. The summed E-state index contributed by atoms with van der Waals surface area (Å²) in [5.41, 5.74) is 5.46. The standard InChI is InChI=1S/C28H30N4O2/c1-34-23-7-4-20(5-8-23)6-9-28(33)32-14-11-21-17-25-24(18-27(21)32)26(10-12-29-25)31-16-15-30-13-2-3-22(30)19-31/h4-10,12,17-18,22H,2-3,11,13-16,19H2,1H3/b9-6+/t22-/m0/s1. The number of piperazine rings is 1. The Morgan fingerprint density at radius 2 is 1.94 bits per heavy atom. The predicted octanol–water partition coefficient (Wildman–Crippen LogP) is 4.13. The minimum absolute atomic E-state index is 0.0129. The molecule has 1 atom stereocenters. The number of hydrogen-bond acceptors (Lipinski definition) is 5. The van der Waals surface area contributed by atoms with Gasteiger partial charge in [-0.2, -0.15) is 0 Å². The molecule has 6 nitrogen and oxygen atoms in total. The smallest absolute Gasteiger partial charge is 0.251 e. The van der Waals surface area contributed by atoms with Crippen molar-refractivity contribution < 1.29 is 9.53 Å². The van der Waals surface area contributed by atoms with E-state index in [2.05, 4.69) is 33.0 Å². The molecule has 2 aromatic carbocycles. The Labute approximate surface area is 200 Å². The first kappa shape index (κ1) is 21.2. The van der Waals surface area contributed by atoms with E-state index < -0.39 is 0 Å². The number of hydrogen-bond donors (Lipinski definition) is 0. The van der Waals surface area contributed by atoms with Crippen LogP contribution in [0.15, 0.2) is 54.7 Å². The van der Waals surface area contributed by atoms with E-state index in [-0.39, 0.29) is 5.91 Å². The van der Waals surface area contributed by atoms with Crippen molar-refractivity contribution in [1.82, 2.24) is 9.88 Å². The lowest BCUT2D eigenvalue weighted by Gasteiger charge is -2.39. The number of pyridine rings is 1. The van der Waals surface area contributed by atoms with Crippen LogP contribution in [-0.4, -0.2) is 61.7 Å². The molecule has 0 aliphatic carbocycles. The fraction of sp³-hybridized carbons (Fsp3) is 0.357. The Hall–Kier alpha value is -3.38. The Balaban J connectivity index is 1.28. The highest BCUT2D eigenvalue weighted by Gasteiger charge is 2.31. The first-order valence-electron chi connectivity index (χ1n) is 12.2. The van der Waals surface area contributed by atoms with Crippen molar-refractivity contribution in [1.29, 1.82) is 0 Å². The van der Waals surface area contributed by atoms with E-state index in [1.807, 2.05) is 41.4 Å². The molecule has 0 bridgehead atoms. The van der Waals surface area contributed by atoms with E-state index in [9.17, 15) is 4.79 Å². The average molecular weight is 455 g/mol. The van der Waals surface area contributed by atoms with E-state index in [1.165, 1.54) is 30.6 Å². The molecule has 1 aromatic heterocycles. The zero-order chi connectivity index (χ0) is 23.1. The quantitative estimate of drug-likeness (QED) is 0.555. The Morgan fingerprint density at radius 3 is 2.79 bits per heavy atom. The molecule has 2 fully saturated rings. The van der Waals surface area contributed by atoms with Gasteiger partial charge >= 0.3 is 0 Å². The van der Waals surface area contributed by atoms with E-state index >= 15 is 0 Å². The molecular weight excluding hydrogens is 424 g/mol. The Bertz CT molecular complexity index is 1250. The van der Waals surface area contributed by atoms with E-state index in [1.54, 1.807) is 13.2 Å². The number of anilines is 2. The van der Waals surface area contributed by atoms with Crippen LogP contribution in [0.1, 0.15) is 24.0 Å². The number of rotatable bonds is 4. The summed E-state index contributed by atoms with van der Waals surface area (Å²) in [6.07, 6.45) is 8.93. The number of methoxy groups -OCH3 is 1. The summed E-state index contributed by atoms with van der Waals surface area (Å²) in [5.74, 6) is 0.821. The Kier molecular flexibility index (Phi) is 5.46. The molecule has 3 aromatic rings. The van der Waals surface area contributed by atoms with Gasteiger partial charge in [0.25, 0.3) is 5.91 Å². The van der Waals surface area contributed by atoms with Crippen LogP contribution in [0, 0.1) is 0 Å². The second-order valence-corrected chi connectivity index (χ2v) is 9.45. The maximum atomic E-state index is 13.1. The zero-order valence-corrected chi connectivity index (χ0v) is 19.6. The highest BCUT2D eigenvalue weighted by Crippen LogP contribution is 2.37. The topological polar surface area (TPSA) is 48.9 Å². The minimum atomic E-state index is 0.0129. The molecule has 6 heteroatoms. The molecule has 0 radical (unpaired) electrons. The van der Waals surface area contributed by atoms with Crippen LogP contribution in [0.2, 0.25) is 0 Å². The number of benzene rings is 2. The van der Waals surface area contributed by atoms with Crippen molar-refractivity contribution in [3.63, 3.8) is 0 Å². The summed E-state index contributed by atoms with van der Waals surface area (Å²) in [4.78, 5) is 24.9. The molecule has 6 rings (SSSR count). The SMILES string of the molecule is COc1ccc(/C=C/C(=O)N2CCc3cc4nccc(N5CCN6CCC[C@H]6C5)c4cc32)cc1. The lowest BCUT2D eigenvalue weighted by Crippen LogP contribution is -2.50. The van der Waals surface area contributed by atoms with Gasteiger partial charge in [0, 0.05) is 61.3 Å². The van der Waals surface area contributed by atoms with Gasteiger partial charge in [0.15, 0.2) is 0 Å². The van der Waals surface area contributed by atoms with Gasteiger partial charge in [0.1, 0.15) is 5.75 Å². The van der Waals surface area contributed by atoms with Gasteiger partial charge in [-0.3, -0.25) is 14.7 Å². The van der Waals surface area contributed by atoms with Crippen molar-refractivity contribution in [2.24, 2.45) is 0 Å². The molecule has 1 amide bonds. The van der Waals surface area contributed by atoms with Crippen molar-refractivity contribution in [3.8, 4) is 5.75 Å². The van der Waals surface area contributed by atoms with E-state index in [0.29, 0.717) is 12.6 Å². The van der Waals surface area contributed by atoms with Gasteiger partial charge in [-0.05, 0) is 73.3 Å². The number of carbonyl (C=O) groups excluding carboxylic acids is 1. The second kappa shape index (κ2) is 8.76. The van der Waals surface area contributed by atoms with Gasteiger partial charge in [0.2, 0.25) is 0 Å². The van der Waals surface area contributed by atoms with Crippen LogP contribution in [-0.2, 0) is 11.2 Å². The Morgan fingerprint density at radius 1 is 1.06 bits per heavy atom.